The van der Waals surface area contributed by atoms with Gasteiger partial charge in [0.25, 0.3) is 0 Å². The number of anilines is 1. The van der Waals surface area contributed by atoms with Gasteiger partial charge in [0.05, 0.1) is 18.3 Å². The first kappa shape index (κ1) is 20.5. The maximum atomic E-state index is 12.1. The number of β-amino-alcohol motifs (C(OH)–C–C–N with tert-alkyl or cyclic N) is 1. The number of likely N-dealkylation sites (tertiary alicyclic amines) is 1. The van der Waals surface area contributed by atoms with E-state index >= 15 is 0 Å². The summed E-state index contributed by atoms with van der Waals surface area (Å²) in [6.07, 6.45) is -2.89. The molecule has 2 fully saturated rings. The van der Waals surface area contributed by atoms with Gasteiger partial charge in [0.15, 0.2) is 5.82 Å². The molecular weight excluding hydrogens is 396 g/mol. The standard InChI is InChI=1S/C18H22N6O6/c19-8-18(13-2-1-11-17(20)21-9-22-24(11)13)16(28)15(27)12(30-18)7-29-14(26)6-23-4-3-10(25)5-23/h1-2,9-10,12,15-16,25,27-28H,3-7H2,(H2,20,21,22)/t10?,12-,15-,16-,18+/m1/s1. The minimum absolute atomic E-state index is 0.00857. The summed E-state index contributed by atoms with van der Waals surface area (Å²) >= 11 is 0. The number of nitrogens with two attached hydrogens (primary N) is 1. The molecule has 0 aliphatic carbocycles. The lowest BCUT2D eigenvalue weighted by atomic mass is 9.92. The Morgan fingerprint density at radius 3 is 2.93 bits per heavy atom. The predicted octanol–water partition coefficient (Wildman–Crippen LogP) is -2.24. The largest absolute Gasteiger partial charge is 0.462 e. The van der Waals surface area contributed by atoms with Crippen LogP contribution in [0.5, 0.6) is 0 Å². The van der Waals surface area contributed by atoms with Crippen molar-refractivity contribution in [3.63, 3.8) is 0 Å². The fourth-order valence-electron chi connectivity index (χ4n) is 3.91. The zero-order valence-electron chi connectivity index (χ0n) is 16.0. The number of nitriles is 1. The van der Waals surface area contributed by atoms with Crippen molar-refractivity contribution in [3.8, 4) is 6.07 Å². The highest BCUT2D eigenvalue weighted by atomic mass is 16.6. The van der Waals surface area contributed by atoms with Crippen LogP contribution in [0.1, 0.15) is 12.1 Å². The third-order valence-corrected chi connectivity index (χ3v) is 5.50. The van der Waals surface area contributed by atoms with E-state index in [0.717, 1.165) is 0 Å². The van der Waals surface area contributed by atoms with Gasteiger partial charge in [-0.15, -0.1) is 0 Å². The molecule has 30 heavy (non-hydrogen) atoms. The number of carbonyl (C=O) groups excluding carboxylic acids is 1. The van der Waals surface area contributed by atoms with Crippen molar-refractivity contribution in [1.82, 2.24) is 19.5 Å². The number of esters is 1. The lowest BCUT2D eigenvalue weighted by Crippen LogP contribution is -2.41. The van der Waals surface area contributed by atoms with Crippen LogP contribution in [0.3, 0.4) is 0 Å². The van der Waals surface area contributed by atoms with Gasteiger partial charge in [-0.25, -0.2) is 9.50 Å². The summed E-state index contributed by atoms with van der Waals surface area (Å²) in [5, 5.41) is 44.5. The van der Waals surface area contributed by atoms with Gasteiger partial charge in [-0.3, -0.25) is 9.69 Å². The van der Waals surface area contributed by atoms with Crippen molar-refractivity contribution in [3.05, 3.63) is 24.2 Å². The number of aliphatic hydroxyl groups excluding tert-OH is 3. The molecule has 5 atom stereocenters. The van der Waals surface area contributed by atoms with Crippen molar-refractivity contribution in [2.45, 2.75) is 36.4 Å². The van der Waals surface area contributed by atoms with Gasteiger partial charge in [-0.2, -0.15) is 10.4 Å². The minimum atomic E-state index is -1.94. The normalized spacial score (nSPS) is 31.8. The van der Waals surface area contributed by atoms with E-state index in [1.807, 2.05) is 6.07 Å². The second-order valence-corrected chi connectivity index (χ2v) is 7.46. The van der Waals surface area contributed by atoms with Gasteiger partial charge >= 0.3 is 5.97 Å². The molecular formula is C18H22N6O6. The van der Waals surface area contributed by atoms with Crippen LogP contribution in [0, 0.1) is 11.3 Å². The molecule has 0 radical (unpaired) electrons. The molecule has 2 aliphatic rings. The van der Waals surface area contributed by atoms with Crippen LogP contribution in [0.2, 0.25) is 0 Å². The smallest absolute Gasteiger partial charge is 0.320 e. The zero-order valence-corrected chi connectivity index (χ0v) is 16.0. The lowest BCUT2D eigenvalue weighted by molar-refractivity contribution is -0.151. The molecule has 0 spiro atoms. The maximum absolute atomic E-state index is 12.1. The SMILES string of the molecule is N#C[C@@]1(c2ccc3c(N)ncnn23)O[C@H](COC(=O)CN2CCC(O)C2)[C@@H](O)[C@H]1O. The molecule has 0 bridgehead atoms. The van der Waals surface area contributed by atoms with Crippen molar-refractivity contribution < 1.29 is 29.6 Å². The van der Waals surface area contributed by atoms with E-state index < -0.39 is 36.0 Å². The Morgan fingerprint density at radius 1 is 1.43 bits per heavy atom. The summed E-state index contributed by atoms with van der Waals surface area (Å²) in [4.78, 5) is 17.7. The molecule has 2 aromatic heterocycles. The van der Waals surface area contributed by atoms with E-state index in [2.05, 4.69) is 10.1 Å². The Morgan fingerprint density at radius 2 is 2.23 bits per heavy atom. The van der Waals surface area contributed by atoms with Crippen molar-refractivity contribution in [2.24, 2.45) is 0 Å². The predicted molar refractivity (Wildman–Crippen MR) is 99.6 cm³/mol. The van der Waals surface area contributed by atoms with Crippen LogP contribution >= 0.6 is 0 Å². The van der Waals surface area contributed by atoms with Crippen molar-refractivity contribution in [1.29, 1.82) is 5.26 Å². The first-order chi connectivity index (χ1) is 14.4. The van der Waals surface area contributed by atoms with Crippen LogP contribution in [0.25, 0.3) is 5.52 Å². The summed E-state index contributed by atoms with van der Waals surface area (Å²) in [6, 6.07) is 5.00. The molecule has 4 rings (SSSR count). The van der Waals surface area contributed by atoms with Crippen LogP contribution < -0.4 is 5.73 Å². The monoisotopic (exact) mass is 418 g/mol. The molecule has 0 saturated carbocycles. The van der Waals surface area contributed by atoms with Gasteiger partial charge in [-0.05, 0) is 18.6 Å². The van der Waals surface area contributed by atoms with Crippen LogP contribution in [0.4, 0.5) is 5.82 Å². The number of carbonyl (C=O) groups is 1. The fourth-order valence-corrected chi connectivity index (χ4v) is 3.91. The summed E-state index contributed by atoms with van der Waals surface area (Å²) in [5.74, 6) is -0.382. The average molecular weight is 418 g/mol. The van der Waals surface area contributed by atoms with E-state index in [1.54, 1.807) is 11.0 Å². The molecule has 12 nitrogen and oxygen atoms in total. The molecule has 0 aromatic carbocycles. The molecule has 1 unspecified atom stereocenters. The zero-order chi connectivity index (χ0) is 21.5. The van der Waals surface area contributed by atoms with Gasteiger partial charge in [0.1, 0.15) is 42.8 Å². The average Bonchev–Trinajstić information content (AvgIpc) is 3.40. The van der Waals surface area contributed by atoms with Gasteiger partial charge in [-0.1, -0.05) is 0 Å². The molecule has 0 amide bonds. The number of hydrogen-bond donors (Lipinski definition) is 4. The Kier molecular flexibility index (Phi) is 5.31. The number of nitrogen functional groups attached to an aromatic ring is 1. The number of ether oxygens (including phenoxy) is 2. The van der Waals surface area contributed by atoms with E-state index in [9.17, 15) is 25.4 Å². The Bertz CT molecular complexity index is 991. The van der Waals surface area contributed by atoms with E-state index in [0.29, 0.717) is 25.0 Å². The second kappa shape index (κ2) is 7.78. The number of aliphatic hydroxyl groups is 3. The number of fused-ring (bicyclic) bond motifs is 1. The third-order valence-electron chi connectivity index (χ3n) is 5.50. The first-order valence-electron chi connectivity index (χ1n) is 9.45. The van der Waals surface area contributed by atoms with E-state index in [-0.39, 0.29) is 24.7 Å². The number of rotatable bonds is 5. The topological polar surface area (TPSA) is 179 Å². The van der Waals surface area contributed by atoms with E-state index in [1.165, 1.54) is 16.9 Å². The number of hydrogen-bond acceptors (Lipinski definition) is 11. The molecule has 2 aliphatic heterocycles. The van der Waals surface area contributed by atoms with Gasteiger partial charge in [0.2, 0.25) is 5.60 Å². The van der Waals surface area contributed by atoms with Crippen molar-refractivity contribution in [2.75, 3.05) is 32.0 Å². The highest BCUT2D eigenvalue weighted by molar-refractivity contribution is 5.71. The van der Waals surface area contributed by atoms with Crippen LogP contribution in [-0.2, 0) is 19.9 Å². The third kappa shape index (κ3) is 3.36. The summed E-state index contributed by atoms with van der Waals surface area (Å²) in [7, 11) is 0. The Hall–Kier alpha value is -2.82. The summed E-state index contributed by atoms with van der Waals surface area (Å²) in [5.41, 5.74) is 4.45. The molecule has 2 saturated heterocycles. The second-order valence-electron chi connectivity index (χ2n) is 7.46. The molecule has 5 N–H and O–H groups in total. The lowest BCUT2D eigenvalue weighted by Gasteiger charge is -2.24. The van der Waals surface area contributed by atoms with Crippen LogP contribution in [0.15, 0.2) is 18.5 Å². The Labute approximate surface area is 171 Å². The van der Waals surface area contributed by atoms with Gasteiger partial charge < -0.3 is 30.5 Å². The van der Waals surface area contributed by atoms with Crippen molar-refractivity contribution >= 4 is 17.3 Å². The summed E-state index contributed by atoms with van der Waals surface area (Å²) in [6.45, 7) is 0.615. The highest BCUT2D eigenvalue weighted by Crippen LogP contribution is 2.40. The van der Waals surface area contributed by atoms with E-state index in [4.69, 9.17) is 15.2 Å². The molecule has 2 aromatic rings. The Balaban J connectivity index is 1.49. The van der Waals surface area contributed by atoms with Crippen LogP contribution in [-0.4, -0.2) is 91.4 Å². The fraction of sp³-hybridized carbons (Fsp3) is 0.556. The quantitative estimate of drug-likeness (QED) is 0.386. The minimum Gasteiger partial charge on any atom is -0.462 e. The highest BCUT2D eigenvalue weighted by Gasteiger charge is 2.57. The molecule has 160 valence electrons. The number of nitrogens with zero attached hydrogens (tertiary/aromatic N) is 5. The van der Waals surface area contributed by atoms with Gasteiger partial charge in [0, 0.05) is 13.1 Å². The first-order valence-corrected chi connectivity index (χ1v) is 9.45. The number of aromatic nitrogens is 3. The maximum Gasteiger partial charge on any atom is 0.320 e. The summed E-state index contributed by atoms with van der Waals surface area (Å²) < 4.78 is 12.2. The molecule has 12 heteroatoms. The molecule has 4 heterocycles.